The zero-order chi connectivity index (χ0) is 18.6. The highest BCUT2D eigenvalue weighted by Gasteiger charge is 2.15. The Balaban J connectivity index is 3.28. The largest absolute Gasteiger partial charge is 0.465 e. The van der Waals surface area contributed by atoms with E-state index in [4.69, 9.17) is 16.3 Å². The number of unbranched alkanes of at least 4 members (excludes halogenated alkanes) is 14. The number of ether oxygens (including phenoxy) is 1. The van der Waals surface area contributed by atoms with E-state index in [1.807, 2.05) is 0 Å². The Kier molecular flexibility index (Phi) is 19.9. The number of carbonyl (C=O) groups excluding carboxylic acids is 1. The maximum Gasteiger partial charge on any atom is 0.324 e. The number of hydrogen-bond donors (Lipinski definition) is 0. The van der Waals surface area contributed by atoms with E-state index in [2.05, 4.69) is 13.8 Å². The number of halogens is 1. The van der Waals surface area contributed by atoms with E-state index >= 15 is 0 Å². The minimum absolute atomic E-state index is 0.221. The fraction of sp³-hybridized carbons (Fsp3) is 0.955. The first kappa shape index (κ1) is 24.8. The Labute approximate surface area is 162 Å². The van der Waals surface area contributed by atoms with E-state index in [9.17, 15) is 4.79 Å². The van der Waals surface area contributed by atoms with Crippen LogP contribution in [0.1, 0.15) is 123 Å². The Hall–Kier alpha value is -0.240. The third-order valence-corrected chi connectivity index (χ3v) is 5.21. The van der Waals surface area contributed by atoms with Gasteiger partial charge >= 0.3 is 5.97 Å². The molecule has 150 valence electrons. The van der Waals surface area contributed by atoms with Gasteiger partial charge in [-0.2, -0.15) is 0 Å². The second kappa shape index (κ2) is 20.1. The molecule has 0 aliphatic heterocycles. The van der Waals surface area contributed by atoms with Crippen molar-refractivity contribution in [1.82, 2.24) is 0 Å². The van der Waals surface area contributed by atoms with Crippen LogP contribution in [-0.4, -0.2) is 18.0 Å². The molecule has 0 aromatic carbocycles. The molecular weight excluding hydrogens is 332 g/mol. The van der Waals surface area contributed by atoms with Gasteiger partial charge in [0, 0.05) is 0 Å². The Morgan fingerprint density at radius 3 is 1.56 bits per heavy atom. The summed E-state index contributed by atoms with van der Waals surface area (Å²) in [7, 11) is 0. The number of esters is 1. The fourth-order valence-electron chi connectivity index (χ4n) is 3.07. The van der Waals surface area contributed by atoms with E-state index in [1.165, 1.54) is 83.5 Å². The molecule has 0 amide bonds. The summed E-state index contributed by atoms with van der Waals surface area (Å²) in [6.07, 6.45) is 21.2. The molecular formula is C22H43ClO2. The van der Waals surface area contributed by atoms with E-state index < -0.39 is 5.38 Å². The molecule has 25 heavy (non-hydrogen) atoms. The highest BCUT2D eigenvalue weighted by molar-refractivity contribution is 6.29. The molecule has 0 saturated heterocycles. The highest BCUT2D eigenvalue weighted by atomic mass is 35.5. The van der Waals surface area contributed by atoms with Crippen LogP contribution in [0.5, 0.6) is 0 Å². The van der Waals surface area contributed by atoms with Gasteiger partial charge in [0.15, 0.2) is 0 Å². The first-order chi connectivity index (χ1) is 12.2. The zero-order valence-corrected chi connectivity index (χ0v) is 17.8. The van der Waals surface area contributed by atoms with Crippen molar-refractivity contribution >= 4 is 17.6 Å². The van der Waals surface area contributed by atoms with Crippen molar-refractivity contribution in [3.63, 3.8) is 0 Å². The van der Waals surface area contributed by atoms with E-state index in [0.29, 0.717) is 6.61 Å². The topological polar surface area (TPSA) is 26.3 Å². The van der Waals surface area contributed by atoms with Crippen LogP contribution in [0.4, 0.5) is 0 Å². The molecule has 0 spiro atoms. The van der Waals surface area contributed by atoms with E-state index in [0.717, 1.165) is 25.7 Å². The smallest absolute Gasteiger partial charge is 0.324 e. The second-order valence-corrected chi connectivity index (χ2v) is 7.90. The first-order valence-electron chi connectivity index (χ1n) is 11.0. The van der Waals surface area contributed by atoms with Gasteiger partial charge < -0.3 is 4.74 Å². The predicted octanol–water partition coefficient (Wildman–Crippen LogP) is 7.81. The van der Waals surface area contributed by atoms with Crippen LogP contribution in [0, 0.1) is 0 Å². The standard InChI is InChI=1S/C22H43ClO2/c1-3-5-7-9-10-11-12-13-14-15-16-17-19-21(23)22(24)25-20-18-8-6-4-2/h21H,3-20H2,1-2H3. The van der Waals surface area contributed by atoms with E-state index in [-0.39, 0.29) is 5.97 Å². The van der Waals surface area contributed by atoms with Gasteiger partial charge in [-0.05, 0) is 12.8 Å². The average molecular weight is 375 g/mol. The quantitative estimate of drug-likeness (QED) is 0.131. The van der Waals surface area contributed by atoms with Gasteiger partial charge in [-0.1, -0.05) is 110 Å². The Morgan fingerprint density at radius 2 is 1.08 bits per heavy atom. The van der Waals surface area contributed by atoms with Crippen molar-refractivity contribution in [2.24, 2.45) is 0 Å². The zero-order valence-electron chi connectivity index (χ0n) is 17.0. The molecule has 1 unspecified atom stereocenters. The lowest BCUT2D eigenvalue weighted by Crippen LogP contribution is -2.18. The van der Waals surface area contributed by atoms with Gasteiger partial charge in [-0.3, -0.25) is 4.79 Å². The third kappa shape index (κ3) is 18.4. The van der Waals surface area contributed by atoms with Crippen molar-refractivity contribution in [2.45, 2.75) is 128 Å². The molecule has 0 bridgehead atoms. The summed E-state index contributed by atoms with van der Waals surface area (Å²) in [5.74, 6) is -0.221. The minimum atomic E-state index is -0.450. The summed E-state index contributed by atoms with van der Waals surface area (Å²) in [6.45, 7) is 4.97. The lowest BCUT2D eigenvalue weighted by Gasteiger charge is -2.09. The first-order valence-corrected chi connectivity index (χ1v) is 11.5. The van der Waals surface area contributed by atoms with E-state index in [1.54, 1.807) is 0 Å². The summed E-state index contributed by atoms with van der Waals surface area (Å²) in [4.78, 5) is 11.8. The maximum atomic E-state index is 11.8. The molecule has 2 nitrogen and oxygen atoms in total. The molecule has 0 rings (SSSR count). The van der Waals surface area contributed by atoms with Crippen LogP contribution in [0.25, 0.3) is 0 Å². The van der Waals surface area contributed by atoms with Crippen molar-refractivity contribution in [2.75, 3.05) is 6.61 Å². The average Bonchev–Trinajstić information content (AvgIpc) is 2.62. The molecule has 0 aromatic heterocycles. The predicted molar refractivity (Wildman–Crippen MR) is 110 cm³/mol. The van der Waals surface area contributed by atoms with Crippen LogP contribution in [0.3, 0.4) is 0 Å². The summed E-state index contributed by atoms with van der Waals surface area (Å²) in [6, 6.07) is 0. The van der Waals surface area contributed by atoms with Crippen LogP contribution in [-0.2, 0) is 9.53 Å². The molecule has 0 N–H and O–H groups in total. The number of hydrogen-bond acceptors (Lipinski definition) is 2. The molecule has 0 aromatic rings. The van der Waals surface area contributed by atoms with Gasteiger partial charge in [0.1, 0.15) is 5.38 Å². The summed E-state index contributed by atoms with van der Waals surface area (Å²) >= 11 is 6.13. The molecule has 3 heteroatoms. The summed E-state index contributed by atoms with van der Waals surface area (Å²) < 4.78 is 5.24. The molecule has 1 atom stereocenters. The van der Waals surface area contributed by atoms with Crippen molar-refractivity contribution in [3.8, 4) is 0 Å². The molecule has 0 heterocycles. The lowest BCUT2D eigenvalue weighted by molar-refractivity contribution is -0.143. The summed E-state index contributed by atoms with van der Waals surface area (Å²) in [5, 5.41) is -0.450. The molecule has 0 saturated carbocycles. The lowest BCUT2D eigenvalue weighted by atomic mass is 10.0. The maximum absolute atomic E-state index is 11.8. The van der Waals surface area contributed by atoms with Crippen LogP contribution < -0.4 is 0 Å². The molecule has 0 aliphatic rings. The fourth-order valence-corrected chi connectivity index (χ4v) is 3.29. The van der Waals surface area contributed by atoms with Gasteiger partial charge in [-0.15, -0.1) is 11.6 Å². The Morgan fingerprint density at radius 1 is 0.680 bits per heavy atom. The number of carbonyl (C=O) groups is 1. The SMILES string of the molecule is CCCCCCCCCCCCCCC(Cl)C(=O)OCCCCCC. The van der Waals surface area contributed by atoms with Gasteiger partial charge in [0.2, 0.25) is 0 Å². The van der Waals surface area contributed by atoms with Crippen molar-refractivity contribution in [1.29, 1.82) is 0 Å². The Bertz CT molecular complexity index is 281. The minimum Gasteiger partial charge on any atom is -0.465 e. The number of rotatable bonds is 19. The van der Waals surface area contributed by atoms with Crippen LogP contribution >= 0.6 is 11.6 Å². The number of alkyl halides is 1. The van der Waals surface area contributed by atoms with Gasteiger partial charge in [0.25, 0.3) is 0 Å². The van der Waals surface area contributed by atoms with Crippen LogP contribution in [0.2, 0.25) is 0 Å². The highest BCUT2D eigenvalue weighted by Crippen LogP contribution is 2.15. The summed E-state index contributed by atoms with van der Waals surface area (Å²) in [5.41, 5.74) is 0. The third-order valence-electron chi connectivity index (χ3n) is 4.81. The normalized spacial score (nSPS) is 12.3. The molecule has 0 fully saturated rings. The van der Waals surface area contributed by atoms with Gasteiger partial charge in [-0.25, -0.2) is 0 Å². The monoisotopic (exact) mass is 374 g/mol. The molecule has 0 radical (unpaired) electrons. The van der Waals surface area contributed by atoms with Crippen molar-refractivity contribution in [3.05, 3.63) is 0 Å². The molecule has 0 aliphatic carbocycles. The van der Waals surface area contributed by atoms with Crippen molar-refractivity contribution < 1.29 is 9.53 Å². The van der Waals surface area contributed by atoms with Gasteiger partial charge in [0.05, 0.1) is 6.61 Å². The van der Waals surface area contributed by atoms with Crippen LogP contribution in [0.15, 0.2) is 0 Å². The second-order valence-electron chi connectivity index (χ2n) is 7.37.